The summed E-state index contributed by atoms with van der Waals surface area (Å²) in [5.41, 5.74) is 0.0807. The third-order valence-corrected chi connectivity index (χ3v) is 2.70. The van der Waals surface area contributed by atoms with Crippen LogP contribution in [0.2, 0.25) is 5.02 Å². The van der Waals surface area contributed by atoms with E-state index in [0.717, 1.165) is 0 Å². The maximum absolute atomic E-state index is 13.7. The molecule has 19 heavy (non-hydrogen) atoms. The highest BCUT2D eigenvalue weighted by Gasteiger charge is 2.14. The molecule has 0 aliphatic rings. The Bertz CT molecular complexity index is 646. The maximum Gasteiger partial charge on any atom is 0.356 e. The third-order valence-electron chi connectivity index (χ3n) is 2.39. The topological polar surface area (TPSA) is 59.4 Å². The number of ether oxygens (including phenoxy) is 1. The van der Waals surface area contributed by atoms with Crippen molar-refractivity contribution in [2.75, 3.05) is 0 Å². The molecule has 0 atom stereocenters. The van der Waals surface area contributed by atoms with Crippen LogP contribution in [0, 0.1) is 12.7 Å². The number of halogens is 2. The first-order chi connectivity index (χ1) is 8.99. The lowest BCUT2D eigenvalue weighted by Crippen LogP contribution is -2.03. The van der Waals surface area contributed by atoms with Crippen LogP contribution in [0.4, 0.5) is 4.39 Å². The fourth-order valence-corrected chi connectivity index (χ4v) is 1.63. The van der Waals surface area contributed by atoms with Crippen LogP contribution < -0.4 is 4.74 Å². The lowest BCUT2D eigenvalue weighted by atomic mass is 10.2. The molecule has 0 saturated heterocycles. The number of benzene rings is 1. The summed E-state index contributed by atoms with van der Waals surface area (Å²) >= 11 is 5.68. The van der Waals surface area contributed by atoms with Crippen molar-refractivity contribution in [3.8, 4) is 11.6 Å². The van der Waals surface area contributed by atoms with E-state index in [0.29, 0.717) is 5.56 Å². The number of aryl methyl sites for hydroxylation is 1. The number of pyridine rings is 1. The molecular formula is C13H9ClFNO3. The first-order valence-electron chi connectivity index (χ1n) is 5.32. The van der Waals surface area contributed by atoms with Gasteiger partial charge in [0.05, 0.1) is 5.02 Å². The molecule has 2 rings (SSSR count). The Labute approximate surface area is 113 Å². The number of carbonyl (C=O) groups is 1. The minimum Gasteiger partial charge on any atom is -0.476 e. The van der Waals surface area contributed by atoms with Crippen LogP contribution in [0.5, 0.6) is 11.6 Å². The fraction of sp³-hybridized carbons (Fsp3) is 0.0769. The van der Waals surface area contributed by atoms with Gasteiger partial charge in [-0.15, -0.1) is 0 Å². The van der Waals surface area contributed by atoms with E-state index in [1.165, 1.54) is 18.2 Å². The average Bonchev–Trinajstić information content (AvgIpc) is 2.37. The first-order valence-corrected chi connectivity index (χ1v) is 5.69. The Kier molecular flexibility index (Phi) is 3.66. The molecule has 0 aliphatic heterocycles. The number of aromatic nitrogens is 1. The molecule has 0 spiro atoms. The van der Waals surface area contributed by atoms with Gasteiger partial charge in [-0.2, -0.15) is 0 Å². The predicted octanol–water partition coefficient (Wildman–Crippen LogP) is 3.67. The molecule has 0 amide bonds. The van der Waals surface area contributed by atoms with Crippen molar-refractivity contribution in [3.05, 3.63) is 52.4 Å². The molecule has 0 saturated carbocycles. The second kappa shape index (κ2) is 5.24. The van der Waals surface area contributed by atoms with E-state index in [1.54, 1.807) is 19.1 Å². The zero-order chi connectivity index (χ0) is 14.0. The quantitative estimate of drug-likeness (QED) is 0.932. The highest BCUT2D eigenvalue weighted by Crippen LogP contribution is 2.26. The summed E-state index contributed by atoms with van der Waals surface area (Å²) in [6, 6.07) is 7.36. The largest absolute Gasteiger partial charge is 0.476 e. The molecule has 0 bridgehead atoms. The second-order valence-corrected chi connectivity index (χ2v) is 4.18. The third kappa shape index (κ3) is 2.82. The van der Waals surface area contributed by atoms with Crippen molar-refractivity contribution in [1.29, 1.82) is 0 Å². The number of aromatic carboxylic acids is 1. The number of nitrogens with zero attached hydrogens (tertiary/aromatic N) is 1. The van der Waals surface area contributed by atoms with Gasteiger partial charge in [0.25, 0.3) is 0 Å². The van der Waals surface area contributed by atoms with E-state index in [2.05, 4.69) is 4.98 Å². The van der Waals surface area contributed by atoms with Crippen LogP contribution >= 0.6 is 11.6 Å². The summed E-state index contributed by atoms with van der Waals surface area (Å²) in [7, 11) is 0. The van der Waals surface area contributed by atoms with Gasteiger partial charge < -0.3 is 9.84 Å². The SMILES string of the molecule is Cc1cccc(Oc2ccc(Cl)c(C(=O)O)n2)c1F. The zero-order valence-corrected chi connectivity index (χ0v) is 10.6. The molecule has 1 N–H and O–H groups in total. The lowest BCUT2D eigenvalue weighted by molar-refractivity contribution is 0.0690. The van der Waals surface area contributed by atoms with Gasteiger partial charge in [0, 0.05) is 6.07 Å². The molecular weight excluding hydrogens is 273 g/mol. The van der Waals surface area contributed by atoms with Gasteiger partial charge in [-0.05, 0) is 24.6 Å². The number of carboxylic acid groups (broad SMARTS) is 1. The van der Waals surface area contributed by atoms with Gasteiger partial charge in [-0.25, -0.2) is 14.2 Å². The molecule has 2 aromatic rings. The summed E-state index contributed by atoms with van der Waals surface area (Å²) < 4.78 is 19.0. The van der Waals surface area contributed by atoms with E-state index >= 15 is 0 Å². The van der Waals surface area contributed by atoms with Crippen LogP contribution in [0.25, 0.3) is 0 Å². The van der Waals surface area contributed by atoms with E-state index in [4.69, 9.17) is 21.4 Å². The molecule has 0 unspecified atom stereocenters. The van der Waals surface area contributed by atoms with Crippen LogP contribution in [0.3, 0.4) is 0 Å². The van der Waals surface area contributed by atoms with Crippen molar-refractivity contribution in [2.45, 2.75) is 6.92 Å². The molecule has 0 radical (unpaired) electrons. The molecule has 1 aromatic carbocycles. The highest BCUT2D eigenvalue weighted by molar-refractivity contribution is 6.33. The molecule has 1 heterocycles. The summed E-state index contributed by atoms with van der Waals surface area (Å²) in [5, 5.41) is 8.87. The number of carboxylic acids is 1. The Balaban J connectivity index is 2.36. The van der Waals surface area contributed by atoms with E-state index < -0.39 is 11.8 Å². The smallest absolute Gasteiger partial charge is 0.356 e. The molecule has 1 aromatic heterocycles. The van der Waals surface area contributed by atoms with Gasteiger partial charge in [0.1, 0.15) is 0 Å². The number of rotatable bonds is 3. The van der Waals surface area contributed by atoms with Crippen molar-refractivity contribution >= 4 is 17.6 Å². The normalized spacial score (nSPS) is 10.3. The Morgan fingerprint density at radius 2 is 2.11 bits per heavy atom. The van der Waals surface area contributed by atoms with Gasteiger partial charge >= 0.3 is 5.97 Å². The highest BCUT2D eigenvalue weighted by atomic mass is 35.5. The monoisotopic (exact) mass is 281 g/mol. The Morgan fingerprint density at radius 1 is 1.37 bits per heavy atom. The van der Waals surface area contributed by atoms with Gasteiger partial charge in [-0.3, -0.25) is 0 Å². The summed E-state index contributed by atoms with van der Waals surface area (Å²) in [4.78, 5) is 14.6. The van der Waals surface area contributed by atoms with Crippen LogP contribution in [0.1, 0.15) is 16.1 Å². The fourth-order valence-electron chi connectivity index (χ4n) is 1.44. The molecule has 0 fully saturated rings. The van der Waals surface area contributed by atoms with Crippen LogP contribution in [0.15, 0.2) is 30.3 Å². The van der Waals surface area contributed by atoms with Crippen LogP contribution in [-0.4, -0.2) is 16.1 Å². The van der Waals surface area contributed by atoms with E-state index in [1.807, 2.05) is 0 Å². The molecule has 0 aliphatic carbocycles. The first kappa shape index (κ1) is 13.3. The summed E-state index contributed by atoms with van der Waals surface area (Å²) in [6.07, 6.45) is 0. The molecule has 6 heteroatoms. The Hall–Kier alpha value is -2.14. The van der Waals surface area contributed by atoms with Gasteiger partial charge in [-0.1, -0.05) is 23.7 Å². The number of hydrogen-bond donors (Lipinski definition) is 1. The van der Waals surface area contributed by atoms with E-state index in [9.17, 15) is 9.18 Å². The maximum atomic E-state index is 13.7. The van der Waals surface area contributed by atoms with Crippen molar-refractivity contribution in [1.82, 2.24) is 4.98 Å². The van der Waals surface area contributed by atoms with Crippen molar-refractivity contribution in [3.63, 3.8) is 0 Å². The standard InChI is InChI=1S/C13H9ClFNO3/c1-7-3-2-4-9(11(7)15)19-10-6-5-8(14)12(16-10)13(17)18/h2-6H,1H3,(H,17,18). The van der Waals surface area contributed by atoms with Gasteiger partial charge in [0.15, 0.2) is 17.3 Å². The second-order valence-electron chi connectivity index (χ2n) is 3.77. The van der Waals surface area contributed by atoms with Gasteiger partial charge in [0.2, 0.25) is 5.88 Å². The molecule has 98 valence electrons. The minimum atomic E-state index is -1.28. The summed E-state index contributed by atoms with van der Waals surface area (Å²) in [6.45, 7) is 1.60. The average molecular weight is 282 g/mol. The van der Waals surface area contributed by atoms with Crippen molar-refractivity contribution in [2.24, 2.45) is 0 Å². The molecule has 4 nitrogen and oxygen atoms in total. The minimum absolute atomic E-state index is 0.00966. The van der Waals surface area contributed by atoms with E-state index in [-0.39, 0.29) is 22.3 Å². The summed E-state index contributed by atoms with van der Waals surface area (Å²) in [5.74, 6) is -1.85. The number of hydrogen-bond acceptors (Lipinski definition) is 3. The van der Waals surface area contributed by atoms with Crippen LogP contribution in [-0.2, 0) is 0 Å². The van der Waals surface area contributed by atoms with Crippen molar-refractivity contribution < 1.29 is 19.0 Å². The predicted molar refractivity (Wildman–Crippen MR) is 67.4 cm³/mol. The lowest BCUT2D eigenvalue weighted by Gasteiger charge is -2.08. The Morgan fingerprint density at radius 3 is 2.79 bits per heavy atom. The zero-order valence-electron chi connectivity index (χ0n) is 9.85.